The highest BCUT2D eigenvalue weighted by atomic mass is 35.5. The Morgan fingerprint density at radius 3 is 2.00 bits per heavy atom. The van der Waals surface area contributed by atoms with Crippen molar-refractivity contribution in [2.45, 2.75) is 0 Å². The van der Waals surface area contributed by atoms with Crippen molar-refractivity contribution in [1.29, 1.82) is 0 Å². The van der Waals surface area contributed by atoms with Crippen molar-refractivity contribution >= 4 is 22.9 Å². The lowest BCUT2D eigenvalue weighted by molar-refractivity contribution is 0.324. The molecule has 0 atom stereocenters. The normalized spacial score (nSPS) is 10.2. The second kappa shape index (κ2) is 5.41. The van der Waals surface area contributed by atoms with Crippen molar-refractivity contribution in [1.82, 2.24) is 10.2 Å². The van der Waals surface area contributed by atoms with Crippen molar-refractivity contribution < 1.29 is 14.2 Å². The molecule has 2 aromatic rings. The average Bonchev–Trinajstić information content (AvgIpc) is 2.83. The van der Waals surface area contributed by atoms with Gasteiger partial charge in [-0.25, -0.2) is 0 Å². The molecule has 18 heavy (non-hydrogen) atoms. The minimum absolute atomic E-state index is 0.388. The summed E-state index contributed by atoms with van der Waals surface area (Å²) in [6, 6.07) is 3.61. The van der Waals surface area contributed by atoms with Crippen LogP contribution in [-0.2, 0) is 0 Å². The van der Waals surface area contributed by atoms with Gasteiger partial charge >= 0.3 is 0 Å². The van der Waals surface area contributed by atoms with Gasteiger partial charge in [-0.2, -0.15) is 0 Å². The Kier molecular flexibility index (Phi) is 3.88. The van der Waals surface area contributed by atoms with E-state index >= 15 is 0 Å². The standard InChI is InChI=1S/C11H11ClN2O3S/c1-15-7-4-6(10-13-14-11(12)18-10)5-8(16-2)9(7)17-3/h4-5H,1-3H3. The van der Waals surface area contributed by atoms with Crippen LogP contribution >= 0.6 is 22.9 Å². The number of halogens is 1. The summed E-state index contributed by atoms with van der Waals surface area (Å²) in [5, 5.41) is 8.44. The SMILES string of the molecule is COc1cc(-c2nnc(Cl)s2)cc(OC)c1OC. The molecule has 0 N–H and O–H groups in total. The van der Waals surface area contributed by atoms with Crippen molar-refractivity contribution in [3.8, 4) is 27.8 Å². The molecule has 0 amide bonds. The van der Waals surface area contributed by atoms with Crippen LogP contribution in [0.4, 0.5) is 0 Å². The Balaban J connectivity index is 2.56. The molecule has 1 heterocycles. The first-order valence-corrected chi connectivity index (χ1v) is 6.18. The van der Waals surface area contributed by atoms with E-state index in [-0.39, 0.29) is 0 Å². The van der Waals surface area contributed by atoms with Crippen LogP contribution < -0.4 is 14.2 Å². The zero-order valence-corrected chi connectivity index (χ0v) is 11.6. The molecule has 0 aliphatic heterocycles. The fourth-order valence-electron chi connectivity index (χ4n) is 1.53. The van der Waals surface area contributed by atoms with E-state index in [1.807, 2.05) is 0 Å². The minimum Gasteiger partial charge on any atom is -0.493 e. The highest BCUT2D eigenvalue weighted by molar-refractivity contribution is 7.18. The monoisotopic (exact) mass is 286 g/mol. The van der Waals surface area contributed by atoms with Crippen molar-refractivity contribution in [2.24, 2.45) is 0 Å². The first-order chi connectivity index (χ1) is 8.69. The molecule has 5 nitrogen and oxygen atoms in total. The van der Waals surface area contributed by atoms with Crippen LogP contribution in [0.1, 0.15) is 0 Å². The zero-order valence-electron chi connectivity index (χ0n) is 10.1. The summed E-state index contributed by atoms with van der Waals surface area (Å²) in [4.78, 5) is 0. The number of methoxy groups -OCH3 is 3. The number of nitrogens with zero attached hydrogens (tertiary/aromatic N) is 2. The lowest BCUT2D eigenvalue weighted by Gasteiger charge is -2.12. The Labute approximate surface area is 113 Å². The van der Waals surface area contributed by atoms with Gasteiger partial charge in [0.15, 0.2) is 11.5 Å². The number of benzene rings is 1. The van der Waals surface area contributed by atoms with Gasteiger partial charge in [-0.1, -0.05) is 11.3 Å². The molecule has 2 rings (SSSR count). The summed E-state index contributed by atoms with van der Waals surface area (Å²) in [6.07, 6.45) is 0. The fraction of sp³-hybridized carbons (Fsp3) is 0.273. The molecule has 0 radical (unpaired) electrons. The molecule has 0 unspecified atom stereocenters. The first kappa shape index (κ1) is 12.9. The van der Waals surface area contributed by atoms with E-state index in [1.165, 1.54) is 11.3 Å². The molecule has 96 valence electrons. The summed E-state index contributed by atoms with van der Waals surface area (Å²) in [5.74, 6) is 1.68. The summed E-state index contributed by atoms with van der Waals surface area (Å²) < 4.78 is 16.2. The van der Waals surface area contributed by atoms with E-state index < -0.39 is 0 Å². The molecule has 0 spiro atoms. The maximum absolute atomic E-state index is 5.77. The fourth-order valence-corrected chi connectivity index (χ4v) is 2.34. The maximum Gasteiger partial charge on any atom is 0.207 e. The average molecular weight is 287 g/mol. The van der Waals surface area contributed by atoms with Gasteiger partial charge in [0.05, 0.1) is 21.3 Å². The Hall–Kier alpha value is -1.53. The second-order valence-electron chi connectivity index (χ2n) is 3.27. The summed E-state index contributed by atoms with van der Waals surface area (Å²) in [5.41, 5.74) is 0.814. The smallest absolute Gasteiger partial charge is 0.207 e. The molecule has 0 aliphatic carbocycles. The molecule has 1 aromatic carbocycles. The molecule has 0 fully saturated rings. The van der Waals surface area contributed by atoms with E-state index in [1.54, 1.807) is 33.5 Å². The number of hydrogen-bond donors (Lipinski definition) is 0. The van der Waals surface area contributed by atoms with Crippen LogP contribution in [-0.4, -0.2) is 31.5 Å². The minimum atomic E-state index is 0.388. The highest BCUT2D eigenvalue weighted by Gasteiger charge is 2.16. The third-order valence-electron chi connectivity index (χ3n) is 2.31. The predicted molar refractivity (Wildman–Crippen MR) is 70.0 cm³/mol. The summed E-state index contributed by atoms with van der Waals surface area (Å²) >= 11 is 7.06. The van der Waals surface area contributed by atoms with Gasteiger partial charge in [0.1, 0.15) is 5.01 Å². The number of hydrogen-bond acceptors (Lipinski definition) is 6. The molecule has 0 saturated heterocycles. The number of rotatable bonds is 4. The van der Waals surface area contributed by atoms with Gasteiger partial charge in [-0.15, -0.1) is 10.2 Å². The number of aromatic nitrogens is 2. The molecule has 0 saturated carbocycles. The largest absolute Gasteiger partial charge is 0.493 e. The van der Waals surface area contributed by atoms with Crippen LogP contribution in [0.3, 0.4) is 0 Å². The summed E-state index contributed by atoms with van der Waals surface area (Å²) in [6.45, 7) is 0. The third-order valence-corrected chi connectivity index (χ3v) is 3.38. The van der Waals surface area contributed by atoms with Crippen molar-refractivity contribution in [3.63, 3.8) is 0 Å². The quantitative estimate of drug-likeness (QED) is 0.865. The van der Waals surface area contributed by atoms with Crippen LogP contribution in [0.5, 0.6) is 17.2 Å². The van der Waals surface area contributed by atoms with Crippen LogP contribution in [0, 0.1) is 0 Å². The van der Waals surface area contributed by atoms with Gasteiger partial charge in [0.2, 0.25) is 10.2 Å². The third kappa shape index (κ3) is 2.34. The summed E-state index contributed by atoms with van der Waals surface area (Å²) in [7, 11) is 4.68. The van der Waals surface area contributed by atoms with Gasteiger partial charge in [-0.05, 0) is 23.7 Å². The van der Waals surface area contributed by atoms with E-state index in [9.17, 15) is 0 Å². The van der Waals surface area contributed by atoms with Gasteiger partial charge in [0, 0.05) is 5.56 Å². The lowest BCUT2D eigenvalue weighted by atomic mass is 10.2. The van der Waals surface area contributed by atoms with E-state index in [4.69, 9.17) is 25.8 Å². The van der Waals surface area contributed by atoms with Gasteiger partial charge < -0.3 is 14.2 Å². The first-order valence-electron chi connectivity index (χ1n) is 4.99. The van der Waals surface area contributed by atoms with Gasteiger partial charge in [0.25, 0.3) is 0 Å². The number of ether oxygens (including phenoxy) is 3. The second-order valence-corrected chi connectivity index (χ2v) is 4.83. The van der Waals surface area contributed by atoms with Crippen molar-refractivity contribution in [3.05, 3.63) is 16.6 Å². The van der Waals surface area contributed by atoms with E-state index in [0.717, 1.165) is 5.56 Å². The Morgan fingerprint density at radius 2 is 1.61 bits per heavy atom. The highest BCUT2D eigenvalue weighted by Crippen LogP contribution is 2.41. The van der Waals surface area contributed by atoms with E-state index in [0.29, 0.717) is 26.7 Å². The molecule has 1 aromatic heterocycles. The molecule has 7 heteroatoms. The van der Waals surface area contributed by atoms with Crippen LogP contribution in [0.25, 0.3) is 10.6 Å². The molecular formula is C11H11ClN2O3S. The maximum atomic E-state index is 5.77. The Bertz CT molecular complexity index is 534. The van der Waals surface area contributed by atoms with Gasteiger partial charge in [-0.3, -0.25) is 0 Å². The predicted octanol–water partition coefficient (Wildman–Crippen LogP) is 2.88. The van der Waals surface area contributed by atoms with Crippen molar-refractivity contribution in [2.75, 3.05) is 21.3 Å². The Morgan fingerprint density at radius 1 is 1.00 bits per heavy atom. The zero-order chi connectivity index (χ0) is 13.1. The van der Waals surface area contributed by atoms with Crippen LogP contribution in [0.2, 0.25) is 4.47 Å². The lowest BCUT2D eigenvalue weighted by Crippen LogP contribution is -1.95. The van der Waals surface area contributed by atoms with E-state index in [2.05, 4.69) is 10.2 Å². The topological polar surface area (TPSA) is 53.5 Å². The molecule has 0 aliphatic rings. The molecular weight excluding hydrogens is 276 g/mol. The molecule has 0 bridgehead atoms. The van der Waals surface area contributed by atoms with Crippen LogP contribution in [0.15, 0.2) is 12.1 Å².